The molecule has 0 spiro atoms. The highest BCUT2D eigenvalue weighted by atomic mass is 32.1. The number of rotatable bonds is 4. The molecule has 4 rings (SSSR count). The first-order valence-electron chi connectivity index (χ1n) is 9.32. The Morgan fingerprint density at radius 2 is 1.90 bits per heavy atom. The summed E-state index contributed by atoms with van der Waals surface area (Å²) in [6.07, 6.45) is 3.06. The number of aliphatic hydroxyl groups is 1. The number of carbonyl (C=O) groups is 2. The molecule has 0 bridgehead atoms. The lowest BCUT2D eigenvalue weighted by atomic mass is 9.96. The molecule has 1 amide bonds. The summed E-state index contributed by atoms with van der Waals surface area (Å²) in [5, 5.41) is 11.3. The lowest BCUT2D eigenvalue weighted by Crippen LogP contribution is -2.29. The van der Waals surface area contributed by atoms with E-state index in [0.29, 0.717) is 10.7 Å². The number of ether oxygens (including phenoxy) is 1. The average molecular weight is 439 g/mol. The maximum Gasteiger partial charge on any atom is 0.301 e. The normalized spacial score (nSPS) is 17.9. The van der Waals surface area contributed by atoms with E-state index in [9.17, 15) is 19.1 Å². The number of halogens is 1. The van der Waals surface area contributed by atoms with Gasteiger partial charge in [-0.3, -0.25) is 19.5 Å². The summed E-state index contributed by atoms with van der Waals surface area (Å²) in [6.45, 7) is 3.68. The van der Waals surface area contributed by atoms with Crippen molar-refractivity contribution >= 4 is 33.9 Å². The number of carbonyl (C=O) groups excluding carboxylic acids is 2. The predicted octanol–water partition coefficient (Wildman–Crippen LogP) is 3.93. The minimum Gasteiger partial charge on any atom is -0.507 e. The largest absolute Gasteiger partial charge is 0.507 e. The topological polar surface area (TPSA) is 92.6 Å². The van der Waals surface area contributed by atoms with E-state index >= 15 is 0 Å². The number of thiazole rings is 1. The van der Waals surface area contributed by atoms with Crippen LogP contribution in [0.3, 0.4) is 0 Å². The summed E-state index contributed by atoms with van der Waals surface area (Å²) in [7, 11) is 1.32. The first-order valence-corrected chi connectivity index (χ1v) is 10.1. The highest BCUT2D eigenvalue weighted by molar-refractivity contribution is 7.16. The van der Waals surface area contributed by atoms with Crippen LogP contribution in [-0.4, -0.2) is 33.9 Å². The lowest BCUT2D eigenvalue weighted by Gasteiger charge is -2.22. The molecule has 9 heteroatoms. The number of benzene rings is 1. The summed E-state index contributed by atoms with van der Waals surface area (Å²) >= 11 is 1.28. The Hall–Kier alpha value is -3.59. The molecule has 158 valence electrons. The third kappa shape index (κ3) is 3.46. The number of aromatic nitrogens is 2. The van der Waals surface area contributed by atoms with Crippen LogP contribution >= 0.6 is 11.3 Å². The third-order valence-corrected chi connectivity index (χ3v) is 6.19. The van der Waals surface area contributed by atoms with Crippen LogP contribution in [0.5, 0.6) is 5.75 Å². The minimum atomic E-state index is -0.932. The number of hydrogen-bond donors (Lipinski definition) is 1. The minimum absolute atomic E-state index is 0.00331. The number of anilines is 1. The first kappa shape index (κ1) is 20.7. The molecule has 2 aromatic heterocycles. The standard InChI is InChI=1S/C22H18FN3O4S/c1-11-12(2)31-22(25-11)26-18(13-6-8-24-9-7-13)17(20(28)21(26)29)19(27)14-4-5-16(30-3)15(23)10-14/h4-10,18,27H,1-3H3/t18-/m1/s1. The molecule has 0 radical (unpaired) electrons. The first-order chi connectivity index (χ1) is 14.8. The molecular weight excluding hydrogens is 421 g/mol. The summed E-state index contributed by atoms with van der Waals surface area (Å²) in [4.78, 5) is 36.6. The molecule has 1 aromatic carbocycles. The second kappa shape index (κ2) is 7.92. The van der Waals surface area contributed by atoms with Crippen molar-refractivity contribution in [3.63, 3.8) is 0 Å². The molecule has 0 unspecified atom stereocenters. The molecule has 3 heterocycles. The highest BCUT2D eigenvalue weighted by Crippen LogP contribution is 2.43. The van der Waals surface area contributed by atoms with Crippen molar-refractivity contribution in [1.29, 1.82) is 0 Å². The van der Waals surface area contributed by atoms with Gasteiger partial charge < -0.3 is 9.84 Å². The van der Waals surface area contributed by atoms with Crippen LogP contribution in [0.1, 0.15) is 27.7 Å². The van der Waals surface area contributed by atoms with Crippen molar-refractivity contribution in [1.82, 2.24) is 9.97 Å². The van der Waals surface area contributed by atoms with Gasteiger partial charge in [0, 0.05) is 22.8 Å². The lowest BCUT2D eigenvalue weighted by molar-refractivity contribution is -0.132. The fourth-order valence-corrected chi connectivity index (χ4v) is 4.36. The molecule has 0 aliphatic carbocycles. The number of hydrogen-bond acceptors (Lipinski definition) is 7. The van der Waals surface area contributed by atoms with E-state index in [1.807, 2.05) is 13.8 Å². The van der Waals surface area contributed by atoms with E-state index in [1.165, 1.54) is 47.9 Å². The molecule has 3 aromatic rings. The quantitative estimate of drug-likeness (QED) is 0.376. The summed E-state index contributed by atoms with van der Waals surface area (Å²) in [6, 6.07) is 6.19. The summed E-state index contributed by atoms with van der Waals surface area (Å²) in [5.74, 6) is -2.87. The van der Waals surface area contributed by atoms with Crippen molar-refractivity contribution < 1.29 is 23.8 Å². The maximum absolute atomic E-state index is 14.2. The third-order valence-electron chi connectivity index (χ3n) is 5.11. The van der Waals surface area contributed by atoms with E-state index in [1.54, 1.807) is 12.1 Å². The Balaban J connectivity index is 1.93. The maximum atomic E-state index is 14.2. The van der Waals surface area contributed by atoms with Crippen molar-refractivity contribution in [3.8, 4) is 5.75 Å². The highest BCUT2D eigenvalue weighted by Gasteiger charge is 2.48. The number of amides is 1. The van der Waals surface area contributed by atoms with Gasteiger partial charge in [-0.05, 0) is 49.7 Å². The molecule has 31 heavy (non-hydrogen) atoms. The number of aryl methyl sites for hydroxylation is 2. The number of Topliss-reactive ketones (excluding diaryl/α,β-unsaturated/α-hetero) is 1. The van der Waals surface area contributed by atoms with Gasteiger partial charge in [0.25, 0.3) is 5.78 Å². The van der Waals surface area contributed by atoms with Crippen LogP contribution in [0.4, 0.5) is 9.52 Å². The zero-order valence-corrected chi connectivity index (χ0v) is 17.7. The summed E-state index contributed by atoms with van der Waals surface area (Å²) < 4.78 is 19.1. The smallest absolute Gasteiger partial charge is 0.301 e. The van der Waals surface area contributed by atoms with Gasteiger partial charge in [-0.25, -0.2) is 9.37 Å². The van der Waals surface area contributed by atoms with Crippen molar-refractivity contribution in [3.05, 3.63) is 75.8 Å². The van der Waals surface area contributed by atoms with E-state index in [4.69, 9.17) is 4.74 Å². The van der Waals surface area contributed by atoms with Crippen LogP contribution < -0.4 is 9.64 Å². The fourth-order valence-electron chi connectivity index (χ4n) is 3.42. The van der Waals surface area contributed by atoms with Gasteiger partial charge in [-0.2, -0.15) is 0 Å². The zero-order chi connectivity index (χ0) is 22.3. The number of aliphatic hydroxyl groups excluding tert-OH is 1. The van der Waals surface area contributed by atoms with Gasteiger partial charge >= 0.3 is 5.91 Å². The Morgan fingerprint density at radius 1 is 1.19 bits per heavy atom. The van der Waals surface area contributed by atoms with Crippen LogP contribution in [0, 0.1) is 19.7 Å². The van der Waals surface area contributed by atoms with Gasteiger partial charge in [0.1, 0.15) is 5.76 Å². The Kier molecular flexibility index (Phi) is 5.28. The molecular formula is C22H18FN3O4S. The molecule has 7 nitrogen and oxygen atoms in total. The second-order valence-corrected chi connectivity index (χ2v) is 8.12. The molecule has 1 aliphatic heterocycles. The number of pyridine rings is 1. The van der Waals surface area contributed by atoms with Crippen LogP contribution in [0.2, 0.25) is 0 Å². The van der Waals surface area contributed by atoms with E-state index in [2.05, 4.69) is 9.97 Å². The monoisotopic (exact) mass is 439 g/mol. The van der Waals surface area contributed by atoms with Crippen molar-refractivity contribution in [2.45, 2.75) is 19.9 Å². The van der Waals surface area contributed by atoms with Gasteiger partial charge in [0.2, 0.25) is 0 Å². The number of ketones is 1. The zero-order valence-electron chi connectivity index (χ0n) is 16.9. The molecule has 1 N–H and O–H groups in total. The predicted molar refractivity (Wildman–Crippen MR) is 114 cm³/mol. The average Bonchev–Trinajstić information content (AvgIpc) is 3.23. The fraction of sp³-hybridized carbons (Fsp3) is 0.182. The van der Waals surface area contributed by atoms with Crippen molar-refractivity contribution in [2.75, 3.05) is 12.0 Å². The van der Waals surface area contributed by atoms with E-state index in [0.717, 1.165) is 16.6 Å². The van der Waals surface area contributed by atoms with E-state index in [-0.39, 0.29) is 16.9 Å². The molecule has 1 aliphatic rings. The molecule has 0 saturated carbocycles. The number of methoxy groups -OCH3 is 1. The Bertz CT molecular complexity index is 1200. The molecule has 1 fully saturated rings. The van der Waals surface area contributed by atoms with Crippen LogP contribution in [0.15, 0.2) is 48.3 Å². The van der Waals surface area contributed by atoms with Gasteiger partial charge in [-0.1, -0.05) is 0 Å². The molecule has 1 atom stereocenters. The van der Waals surface area contributed by atoms with Gasteiger partial charge in [0.15, 0.2) is 16.7 Å². The Labute approximate surface area is 181 Å². The van der Waals surface area contributed by atoms with Crippen LogP contribution in [0.25, 0.3) is 5.76 Å². The van der Waals surface area contributed by atoms with Crippen molar-refractivity contribution in [2.24, 2.45) is 0 Å². The number of nitrogens with zero attached hydrogens (tertiary/aromatic N) is 3. The Morgan fingerprint density at radius 3 is 2.48 bits per heavy atom. The van der Waals surface area contributed by atoms with Gasteiger partial charge in [0.05, 0.1) is 24.4 Å². The van der Waals surface area contributed by atoms with Gasteiger partial charge in [-0.15, -0.1) is 11.3 Å². The van der Waals surface area contributed by atoms with E-state index < -0.39 is 29.3 Å². The molecule has 1 saturated heterocycles. The second-order valence-electron chi connectivity index (χ2n) is 6.94. The summed E-state index contributed by atoms with van der Waals surface area (Å²) in [5.41, 5.74) is 1.22. The van der Waals surface area contributed by atoms with Crippen LogP contribution in [-0.2, 0) is 9.59 Å². The SMILES string of the molecule is COc1ccc(C(O)=C2C(=O)C(=O)N(c3nc(C)c(C)s3)[C@@H]2c2ccncc2)cc1F.